The van der Waals surface area contributed by atoms with Crippen LogP contribution in [0.4, 0.5) is 17.2 Å². The number of nitrogens with zero attached hydrogens (tertiary/aromatic N) is 3. The van der Waals surface area contributed by atoms with Crippen LogP contribution in [0.5, 0.6) is 5.75 Å². The first kappa shape index (κ1) is 33.5. The Kier molecular flexibility index (Phi) is 10.8. The maximum Gasteiger partial charge on any atom is 0.293 e. The Morgan fingerprint density at radius 3 is 2.33 bits per heavy atom. The largest absolute Gasteiger partial charge is 0.492 e. The molecule has 1 amide bonds. The van der Waals surface area contributed by atoms with E-state index in [-0.39, 0.29) is 22.7 Å². The predicted molar refractivity (Wildman–Crippen MR) is 185 cm³/mol. The van der Waals surface area contributed by atoms with Crippen molar-refractivity contribution in [3.63, 3.8) is 0 Å². The number of aryl methyl sites for hydroxylation is 1. The SMILES string of the molecule is CCCC(COc1ccc(Nc2nc(-c3cccc(NC(=O)c4ccc(C(C)(C)C)cc4)c3C)cn(C)c2=O)cc1)N(C)CC. The summed E-state index contributed by atoms with van der Waals surface area (Å²) in [5.41, 5.74) is 5.22. The van der Waals surface area contributed by atoms with Gasteiger partial charge in [0.2, 0.25) is 0 Å². The molecule has 0 bridgehead atoms. The van der Waals surface area contributed by atoms with E-state index >= 15 is 0 Å². The number of aromatic nitrogens is 2. The van der Waals surface area contributed by atoms with Gasteiger partial charge in [-0.15, -0.1) is 0 Å². The first-order valence-corrected chi connectivity index (χ1v) is 15.7. The summed E-state index contributed by atoms with van der Waals surface area (Å²) >= 11 is 0. The quantitative estimate of drug-likeness (QED) is 0.172. The van der Waals surface area contributed by atoms with Crippen LogP contribution in [0, 0.1) is 6.92 Å². The highest BCUT2D eigenvalue weighted by Gasteiger charge is 2.17. The Morgan fingerprint density at radius 1 is 1.02 bits per heavy atom. The lowest BCUT2D eigenvalue weighted by Gasteiger charge is -2.26. The van der Waals surface area contributed by atoms with Crippen LogP contribution < -0.4 is 20.9 Å². The lowest BCUT2D eigenvalue weighted by Crippen LogP contribution is -2.36. The van der Waals surface area contributed by atoms with Gasteiger partial charge >= 0.3 is 0 Å². The second-order valence-electron chi connectivity index (χ2n) is 12.6. The smallest absolute Gasteiger partial charge is 0.293 e. The molecule has 3 aromatic carbocycles. The molecule has 0 aliphatic rings. The minimum absolute atomic E-state index is 0.0117. The summed E-state index contributed by atoms with van der Waals surface area (Å²) in [4.78, 5) is 33.2. The Labute approximate surface area is 267 Å². The third-order valence-corrected chi connectivity index (χ3v) is 8.25. The van der Waals surface area contributed by atoms with Crippen LogP contribution >= 0.6 is 0 Å². The first-order chi connectivity index (χ1) is 21.4. The monoisotopic (exact) mass is 609 g/mol. The number of amides is 1. The average Bonchev–Trinajstić information content (AvgIpc) is 3.02. The van der Waals surface area contributed by atoms with Crippen molar-refractivity contribution in [1.82, 2.24) is 14.5 Å². The van der Waals surface area contributed by atoms with Crippen molar-refractivity contribution in [2.75, 3.05) is 30.8 Å². The molecule has 0 saturated heterocycles. The zero-order chi connectivity index (χ0) is 32.7. The molecule has 238 valence electrons. The molecule has 45 heavy (non-hydrogen) atoms. The number of anilines is 3. The highest BCUT2D eigenvalue weighted by Crippen LogP contribution is 2.29. The molecule has 1 unspecified atom stereocenters. The van der Waals surface area contributed by atoms with Crippen molar-refractivity contribution in [3.8, 4) is 17.0 Å². The molecule has 0 aliphatic heterocycles. The molecule has 2 N–H and O–H groups in total. The fourth-order valence-electron chi connectivity index (χ4n) is 5.17. The molecule has 0 aliphatic carbocycles. The van der Waals surface area contributed by atoms with E-state index in [1.807, 2.05) is 73.7 Å². The third-order valence-electron chi connectivity index (χ3n) is 8.25. The average molecular weight is 610 g/mol. The summed E-state index contributed by atoms with van der Waals surface area (Å²) in [6, 6.07) is 21.3. The number of benzene rings is 3. The van der Waals surface area contributed by atoms with E-state index in [1.165, 1.54) is 10.1 Å². The molecule has 4 rings (SSSR count). The minimum Gasteiger partial charge on any atom is -0.492 e. The molecular formula is C37H47N5O3. The Morgan fingerprint density at radius 2 is 1.71 bits per heavy atom. The van der Waals surface area contributed by atoms with Crippen LogP contribution in [0.25, 0.3) is 11.3 Å². The summed E-state index contributed by atoms with van der Waals surface area (Å²) in [6.45, 7) is 14.3. The number of hydrogen-bond acceptors (Lipinski definition) is 6. The van der Waals surface area contributed by atoms with Crippen LogP contribution in [0.1, 0.15) is 68.9 Å². The van der Waals surface area contributed by atoms with E-state index in [4.69, 9.17) is 9.72 Å². The molecule has 1 atom stereocenters. The fourth-order valence-corrected chi connectivity index (χ4v) is 5.17. The predicted octanol–water partition coefficient (Wildman–Crippen LogP) is 7.55. The fraction of sp³-hybridized carbons (Fsp3) is 0.378. The lowest BCUT2D eigenvalue weighted by molar-refractivity contribution is 0.102. The molecule has 0 saturated carbocycles. The molecule has 0 radical (unpaired) electrons. The molecule has 4 aromatic rings. The van der Waals surface area contributed by atoms with Gasteiger partial charge in [-0.05, 0) is 85.9 Å². The van der Waals surface area contributed by atoms with Crippen LogP contribution in [0.2, 0.25) is 0 Å². The summed E-state index contributed by atoms with van der Waals surface area (Å²) < 4.78 is 7.60. The Hall–Kier alpha value is -4.43. The number of rotatable bonds is 12. The zero-order valence-electron chi connectivity index (χ0n) is 27.9. The van der Waals surface area contributed by atoms with E-state index < -0.39 is 0 Å². The molecule has 0 fully saturated rings. The van der Waals surface area contributed by atoms with Crippen LogP contribution in [-0.4, -0.2) is 46.6 Å². The summed E-state index contributed by atoms with van der Waals surface area (Å²) in [6.07, 6.45) is 3.89. The van der Waals surface area contributed by atoms with Crippen LogP contribution in [0.15, 0.2) is 77.7 Å². The van der Waals surface area contributed by atoms with Gasteiger partial charge in [0.25, 0.3) is 11.5 Å². The molecule has 0 spiro atoms. The van der Waals surface area contributed by atoms with Gasteiger partial charge in [0.1, 0.15) is 12.4 Å². The normalized spacial score (nSPS) is 12.2. The highest BCUT2D eigenvalue weighted by atomic mass is 16.5. The van der Waals surface area contributed by atoms with Gasteiger partial charge in [-0.1, -0.05) is 65.3 Å². The number of ether oxygens (including phenoxy) is 1. The van der Waals surface area contributed by atoms with Crippen LogP contribution in [0.3, 0.4) is 0 Å². The van der Waals surface area contributed by atoms with Crippen molar-refractivity contribution in [2.45, 2.75) is 65.8 Å². The third kappa shape index (κ3) is 8.39. The highest BCUT2D eigenvalue weighted by molar-refractivity contribution is 6.05. The number of likely N-dealkylation sites (N-methyl/N-ethyl adjacent to an activating group) is 1. The topological polar surface area (TPSA) is 88.5 Å². The van der Waals surface area contributed by atoms with E-state index in [1.54, 1.807) is 13.2 Å². The molecule has 1 aromatic heterocycles. The van der Waals surface area contributed by atoms with Gasteiger partial charge in [-0.3, -0.25) is 9.59 Å². The van der Waals surface area contributed by atoms with E-state index in [0.29, 0.717) is 29.6 Å². The van der Waals surface area contributed by atoms with Gasteiger partial charge in [0, 0.05) is 41.8 Å². The molecule has 8 nitrogen and oxygen atoms in total. The minimum atomic E-state index is -0.245. The van der Waals surface area contributed by atoms with Crippen molar-refractivity contribution in [1.29, 1.82) is 0 Å². The zero-order valence-corrected chi connectivity index (χ0v) is 27.9. The van der Waals surface area contributed by atoms with E-state index in [2.05, 4.69) is 57.2 Å². The maximum absolute atomic E-state index is 13.1. The van der Waals surface area contributed by atoms with Crippen molar-refractivity contribution < 1.29 is 9.53 Å². The lowest BCUT2D eigenvalue weighted by atomic mass is 9.86. The maximum atomic E-state index is 13.1. The van der Waals surface area contributed by atoms with Gasteiger partial charge in [0.15, 0.2) is 5.82 Å². The van der Waals surface area contributed by atoms with Gasteiger partial charge < -0.3 is 24.8 Å². The molecule has 8 heteroatoms. The van der Waals surface area contributed by atoms with Gasteiger partial charge in [0.05, 0.1) is 5.69 Å². The Bertz CT molecular complexity index is 1650. The standard InChI is InChI=1S/C37H47N5O3/c1-9-12-29(41(7)10-2)24-45-30-21-19-28(20-22-30)38-34-36(44)42(8)23-33(39-34)31-13-11-14-32(25(31)3)40-35(43)26-15-17-27(18-16-26)37(4,5)6/h11,13-23,29H,9-10,12,24H2,1-8H3,(H,38,39)(H,40,43). The Balaban J connectivity index is 1.51. The summed E-state index contributed by atoms with van der Waals surface area (Å²) in [5, 5.41) is 6.24. The first-order valence-electron chi connectivity index (χ1n) is 15.7. The summed E-state index contributed by atoms with van der Waals surface area (Å²) in [7, 11) is 3.83. The number of carbonyl (C=O) groups excluding carboxylic acids is 1. The van der Waals surface area contributed by atoms with Crippen LogP contribution in [-0.2, 0) is 12.5 Å². The van der Waals surface area contributed by atoms with E-state index in [0.717, 1.165) is 42.0 Å². The second kappa shape index (κ2) is 14.6. The number of nitrogens with one attached hydrogen (secondary N) is 2. The number of carbonyl (C=O) groups is 1. The van der Waals surface area contributed by atoms with Gasteiger partial charge in [-0.2, -0.15) is 0 Å². The van der Waals surface area contributed by atoms with Crippen molar-refractivity contribution in [2.24, 2.45) is 7.05 Å². The summed E-state index contributed by atoms with van der Waals surface area (Å²) in [5.74, 6) is 0.807. The second-order valence-corrected chi connectivity index (χ2v) is 12.6. The van der Waals surface area contributed by atoms with Gasteiger partial charge in [-0.25, -0.2) is 4.98 Å². The number of hydrogen-bond donors (Lipinski definition) is 2. The van der Waals surface area contributed by atoms with Crippen molar-refractivity contribution >= 4 is 23.1 Å². The van der Waals surface area contributed by atoms with E-state index in [9.17, 15) is 9.59 Å². The van der Waals surface area contributed by atoms with Crippen molar-refractivity contribution in [3.05, 3.63) is 100.0 Å². The molecule has 1 heterocycles. The molecular weight excluding hydrogens is 562 g/mol.